The van der Waals surface area contributed by atoms with Crippen molar-refractivity contribution in [2.75, 3.05) is 31.1 Å². The molecule has 126 valence electrons. The van der Waals surface area contributed by atoms with Crippen molar-refractivity contribution in [2.45, 2.75) is 0 Å². The lowest BCUT2D eigenvalue weighted by Crippen LogP contribution is -2.49. The monoisotopic (exact) mass is 335 g/mol. The van der Waals surface area contributed by atoms with E-state index in [1.807, 2.05) is 28.9 Å². The number of aromatic nitrogens is 4. The molecule has 0 bridgehead atoms. The molecule has 3 aromatic heterocycles. The second kappa shape index (κ2) is 5.94. The number of nitrogens with zero attached hydrogens (tertiary/aromatic N) is 7. The predicted octanol–water partition coefficient (Wildman–Crippen LogP) is 0.902. The fraction of sp³-hybridized carbons (Fsp3) is 0.294. The van der Waals surface area contributed by atoms with Crippen molar-refractivity contribution >= 4 is 17.4 Å². The maximum Gasteiger partial charge on any atom is 0.259 e. The molecule has 0 radical (unpaired) electrons. The highest BCUT2D eigenvalue weighted by Crippen LogP contribution is 2.20. The van der Waals surface area contributed by atoms with E-state index in [4.69, 9.17) is 0 Å². The van der Waals surface area contributed by atoms with Gasteiger partial charge in [-0.25, -0.2) is 9.50 Å². The van der Waals surface area contributed by atoms with Gasteiger partial charge in [0.05, 0.1) is 11.8 Å². The number of hydrogen-bond donors (Lipinski definition) is 0. The number of amides is 1. The second-order valence-corrected chi connectivity index (χ2v) is 6.00. The van der Waals surface area contributed by atoms with Crippen LogP contribution in [0.5, 0.6) is 0 Å². The van der Waals surface area contributed by atoms with Gasteiger partial charge in [0.15, 0.2) is 0 Å². The van der Waals surface area contributed by atoms with E-state index in [0.29, 0.717) is 43.1 Å². The summed E-state index contributed by atoms with van der Waals surface area (Å²) >= 11 is 0. The first-order chi connectivity index (χ1) is 12.2. The zero-order valence-electron chi connectivity index (χ0n) is 13.8. The first-order valence-corrected chi connectivity index (χ1v) is 8.07. The molecule has 0 spiro atoms. The average Bonchev–Trinajstić information content (AvgIpc) is 3.24. The summed E-state index contributed by atoms with van der Waals surface area (Å²) in [5, 5.41) is 13.5. The molecule has 25 heavy (non-hydrogen) atoms. The van der Waals surface area contributed by atoms with E-state index in [1.165, 1.54) is 0 Å². The van der Waals surface area contributed by atoms with Crippen molar-refractivity contribution < 1.29 is 4.79 Å². The number of fused-ring (bicyclic) bond motifs is 1. The van der Waals surface area contributed by atoms with Crippen LogP contribution in [-0.2, 0) is 7.05 Å². The number of anilines is 1. The Morgan fingerprint density at radius 1 is 1.24 bits per heavy atom. The lowest BCUT2D eigenvalue weighted by molar-refractivity contribution is 0.0748. The van der Waals surface area contributed by atoms with E-state index in [1.54, 1.807) is 29.0 Å². The van der Waals surface area contributed by atoms with Crippen LogP contribution < -0.4 is 4.90 Å². The molecule has 3 aromatic rings. The van der Waals surface area contributed by atoms with Gasteiger partial charge < -0.3 is 14.4 Å². The number of hydrogen-bond acceptors (Lipinski definition) is 5. The number of piperazine rings is 1. The van der Waals surface area contributed by atoms with Crippen LogP contribution >= 0.6 is 0 Å². The van der Waals surface area contributed by atoms with E-state index in [9.17, 15) is 10.1 Å². The fourth-order valence-electron chi connectivity index (χ4n) is 3.23. The Morgan fingerprint density at radius 3 is 2.80 bits per heavy atom. The molecule has 4 rings (SSSR count). The fourth-order valence-corrected chi connectivity index (χ4v) is 3.23. The van der Waals surface area contributed by atoms with Crippen molar-refractivity contribution in [3.63, 3.8) is 0 Å². The molecule has 0 N–H and O–H groups in total. The minimum absolute atomic E-state index is 0.0158. The molecule has 0 aromatic carbocycles. The quantitative estimate of drug-likeness (QED) is 0.695. The molecule has 4 heterocycles. The standard InChI is InChI=1S/C17H17N7O/c1-21-5-10-24-16(21)14(12-20-24)17(25)23-8-6-22(7-9-23)15-13(11-18)3-2-4-19-15/h2-5,10,12H,6-9H2,1H3. The Balaban J connectivity index is 1.51. The second-order valence-electron chi connectivity index (χ2n) is 6.00. The summed E-state index contributed by atoms with van der Waals surface area (Å²) < 4.78 is 3.60. The highest BCUT2D eigenvalue weighted by Gasteiger charge is 2.26. The molecule has 0 atom stereocenters. The van der Waals surface area contributed by atoms with Crippen LogP contribution in [0.3, 0.4) is 0 Å². The third-order valence-electron chi connectivity index (χ3n) is 4.54. The Morgan fingerprint density at radius 2 is 2.04 bits per heavy atom. The van der Waals surface area contributed by atoms with Crippen LogP contribution in [0.25, 0.3) is 5.65 Å². The van der Waals surface area contributed by atoms with Gasteiger partial charge in [0.2, 0.25) is 0 Å². The van der Waals surface area contributed by atoms with Crippen molar-refractivity contribution in [3.05, 3.63) is 48.0 Å². The molecule has 0 unspecified atom stereocenters. The van der Waals surface area contributed by atoms with Gasteiger partial charge in [0.25, 0.3) is 5.91 Å². The zero-order valence-corrected chi connectivity index (χ0v) is 13.8. The predicted molar refractivity (Wildman–Crippen MR) is 91.2 cm³/mol. The lowest BCUT2D eigenvalue weighted by atomic mass is 10.2. The third kappa shape index (κ3) is 2.50. The Kier molecular flexibility index (Phi) is 3.61. The first-order valence-electron chi connectivity index (χ1n) is 8.07. The molecule has 1 fully saturated rings. The highest BCUT2D eigenvalue weighted by atomic mass is 16.2. The Hall–Kier alpha value is -3.34. The van der Waals surface area contributed by atoms with Crippen molar-refractivity contribution in [2.24, 2.45) is 7.05 Å². The molecule has 8 heteroatoms. The largest absolute Gasteiger partial charge is 0.352 e. The van der Waals surface area contributed by atoms with Crippen LogP contribution in [0.4, 0.5) is 5.82 Å². The summed E-state index contributed by atoms with van der Waals surface area (Å²) in [4.78, 5) is 21.1. The van der Waals surface area contributed by atoms with Gasteiger partial charge in [0.1, 0.15) is 23.1 Å². The summed E-state index contributed by atoms with van der Waals surface area (Å²) in [6.45, 7) is 2.47. The smallest absolute Gasteiger partial charge is 0.259 e. The van der Waals surface area contributed by atoms with Crippen LogP contribution in [0.15, 0.2) is 36.9 Å². The van der Waals surface area contributed by atoms with Gasteiger partial charge >= 0.3 is 0 Å². The molecule has 1 aliphatic heterocycles. The van der Waals surface area contributed by atoms with Crippen LogP contribution in [0.1, 0.15) is 15.9 Å². The van der Waals surface area contributed by atoms with Gasteiger partial charge in [-0.05, 0) is 12.1 Å². The molecule has 0 saturated carbocycles. The summed E-state index contributed by atoms with van der Waals surface area (Å²) in [5.74, 6) is 0.672. The Bertz CT molecular complexity index is 972. The maximum atomic E-state index is 12.9. The lowest BCUT2D eigenvalue weighted by Gasteiger charge is -2.35. The first kappa shape index (κ1) is 15.2. The SMILES string of the molecule is Cn1ccn2ncc(C(=O)N3CCN(c4ncccc4C#N)CC3)c12. The van der Waals surface area contributed by atoms with Gasteiger partial charge in [-0.1, -0.05) is 0 Å². The number of carbonyl (C=O) groups is 1. The molecule has 8 nitrogen and oxygen atoms in total. The molecule has 1 aliphatic rings. The van der Waals surface area contributed by atoms with Crippen LogP contribution in [0.2, 0.25) is 0 Å². The van der Waals surface area contributed by atoms with Crippen molar-refractivity contribution in [3.8, 4) is 6.07 Å². The number of rotatable bonds is 2. The topological polar surface area (TPSA) is 82.5 Å². The maximum absolute atomic E-state index is 12.9. The summed E-state index contributed by atoms with van der Waals surface area (Å²) in [7, 11) is 1.90. The average molecular weight is 335 g/mol. The van der Waals surface area contributed by atoms with Gasteiger partial charge in [-0.2, -0.15) is 10.4 Å². The van der Waals surface area contributed by atoms with E-state index in [-0.39, 0.29) is 5.91 Å². The third-order valence-corrected chi connectivity index (χ3v) is 4.54. The van der Waals surface area contributed by atoms with E-state index >= 15 is 0 Å². The minimum atomic E-state index is -0.0158. The number of carbonyl (C=O) groups excluding carboxylic acids is 1. The van der Waals surface area contributed by atoms with E-state index in [0.717, 1.165) is 5.65 Å². The van der Waals surface area contributed by atoms with Crippen LogP contribution in [0, 0.1) is 11.3 Å². The molecule has 1 saturated heterocycles. The number of nitriles is 1. The van der Waals surface area contributed by atoms with E-state index in [2.05, 4.69) is 21.1 Å². The Labute approximate surface area is 144 Å². The molecule has 1 amide bonds. The summed E-state index contributed by atoms with van der Waals surface area (Å²) in [6, 6.07) is 5.69. The van der Waals surface area contributed by atoms with Crippen molar-refractivity contribution in [1.82, 2.24) is 24.1 Å². The summed E-state index contributed by atoms with van der Waals surface area (Å²) in [6.07, 6.45) is 7.01. The van der Waals surface area contributed by atoms with Gasteiger partial charge in [-0.3, -0.25) is 4.79 Å². The zero-order chi connectivity index (χ0) is 17.4. The molecular weight excluding hydrogens is 318 g/mol. The highest BCUT2D eigenvalue weighted by molar-refractivity contribution is 6.00. The normalized spacial score (nSPS) is 14.7. The number of imidazole rings is 1. The van der Waals surface area contributed by atoms with Gasteiger partial charge in [-0.15, -0.1) is 0 Å². The number of aryl methyl sites for hydroxylation is 1. The summed E-state index contributed by atoms with van der Waals surface area (Å²) in [5.41, 5.74) is 1.96. The van der Waals surface area contributed by atoms with Gasteiger partial charge in [0, 0.05) is 51.8 Å². The van der Waals surface area contributed by atoms with Crippen LogP contribution in [-0.4, -0.2) is 56.2 Å². The van der Waals surface area contributed by atoms with Crippen molar-refractivity contribution in [1.29, 1.82) is 5.26 Å². The van der Waals surface area contributed by atoms with E-state index < -0.39 is 0 Å². The minimum Gasteiger partial charge on any atom is -0.352 e. The molecular formula is C17H17N7O. The number of pyridine rings is 1. The molecule has 0 aliphatic carbocycles.